The second-order valence-corrected chi connectivity index (χ2v) is 7.32. The number of pyridine rings is 1. The molecular weight excluding hydrogens is 370 g/mol. The van der Waals surface area contributed by atoms with Gasteiger partial charge in [-0.3, -0.25) is 4.98 Å². The lowest BCUT2D eigenvalue weighted by Gasteiger charge is -2.08. The molecule has 0 fully saturated rings. The highest BCUT2D eigenvalue weighted by molar-refractivity contribution is 7.22. The molecule has 3 aromatic heterocycles. The molecule has 0 spiro atoms. The van der Waals surface area contributed by atoms with Gasteiger partial charge in [-0.1, -0.05) is 47.6 Å². The zero-order valence-electron chi connectivity index (χ0n) is 14.7. The van der Waals surface area contributed by atoms with Crippen molar-refractivity contribution < 1.29 is 4.52 Å². The van der Waals surface area contributed by atoms with Crippen LogP contribution in [0.25, 0.3) is 31.9 Å². The molecule has 6 nitrogen and oxygen atoms in total. The quantitative estimate of drug-likeness (QED) is 0.434. The van der Waals surface area contributed by atoms with Crippen LogP contribution in [0.5, 0.6) is 0 Å². The van der Waals surface area contributed by atoms with Crippen LogP contribution in [0.3, 0.4) is 0 Å². The first-order valence-electron chi connectivity index (χ1n) is 8.66. The van der Waals surface area contributed by atoms with Crippen molar-refractivity contribution in [3.05, 3.63) is 73.1 Å². The SMILES string of the molecule is Nc1nc(-c2cc3c(Nc4ccc(-c5ccccc5)cc4)cncc3s2)no1. The maximum atomic E-state index is 5.54. The fourth-order valence-electron chi connectivity index (χ4n) is 3.04. The third-order valence-electron chi connectivity index (χ3n) is 4.38. The molecule has 0 amide bonds. The first-order valence-corrected chi connectivity index (χ1v) is 9.47. The van der Waals surface area contributed by atoms with Crippen LogP contribution in [0.4, 0.5) is 17.4 Å². The number of thiophene rings is 1. The maximum absolute atomic E-state index is 5.54. The number of benzene rings is 2. The van der Waals surface area contributed by atoms with Crippen molar-refractivity contribution in [2.24, 2.45) is 0 Å². The molecule has 28 heavy (non-hydrogen) atoms. The van der Waals surface area contributed by atoms with E-state index >= 15 is 0 Å². The molecule has 0 atom stereocenters. The van der Waals surface area contributed by atoms with Crippen molar-refractivity contribution in [3.8, 4) is 21.8 Å². The Bertz CT molecular complexity index is 1250. The summed E-state index contributed by atoms with van der Waals surface area (Å²) in [6, 6.07) is 20.7. The van der Waals surface area contributed by atoms with Gasteiger partial charge in [0.15, 0.2) is 0 Å². The lowest BCUT2D eigenvalue weighted by atomic mass is 10.1. The normalized spacial score (nSPS) is 11.0. The van der Waals surface area contributed by atoms with Gasteiger partial charge in [0.05, 0.1) is 21.5 Å². The van der Waals surface area contributed by atoms with Crippen molar-refractivity contribution in [1.82, 2.24) is 15.1 Å². The molecule has 0 saturated heterocycles. The van der Waals surface area contributed by atoms with Gasteiger partial charge in [-0.15, -0.1) is 11.3 Å². The van der Waals surface area contributed by atoms with E-state index in [0.29, 0.717) is 5.82 Å². The number of nitrogens with zero attached hydrogens (tertiary/aromatic N) is 3. The Morgan fingerprint density at radius 3 is 2.46 bits per heavy atom. The molecule has 0 bridgehead atoms. The maximum Gasteiger partial charge on any atom is 0.319 e. The molecule has 3 heterocycles. The third kappa shape index (κ3) is 3.08. The fraction of sp³-hybridized carbons (Fsp3) is 0. The lowest BCUT2D eigenvalue weighted by molar-refractivity contribution is 0.437. The molecule has 5 aromatic rings. The van der Waals surface area contributed by atoms with Crippen molar-refractivity contribution in [3.63, 3.8) is 0 Å². The van der Waals surface area contributed by atoms with E-state index in [2.05, 4.69) is 56.8 Å². The Kier molecular flexibility index (Phi) is 3.99. The molecule has 5 rings (SSSR count). The van der Waals surface area contributed by atoms with E-state index in [9.17, 15) is 0 Å². The number of anilines is 3. The molecule has 136 valence electrons. The highest BCUT2D eigenvalue weighted by Crippen LogP contribution is 2.36. The number of nitrogens with two attached hydrogens (primary N) is 1. The Morgan fingerprint density at radius 2 is 1.71 bits per heavy atom. The van der Waals surface area contributed by atoms with Crippen LogP contribution in [-0.4, -0.2) is 15.1 Å². The van der Waals surface area contributed by atoms with Gasteiger partial charge in [0.1, 0.15) is 0 Å². The molecule has 0 unspecified atom stereocenters. The Hall–Kier alpha value is -3.71. The Labute approximate surface area is 164 Å². The summed E-state index contributed by atoms with van der Waals surface area (Å²) in [5.41, 5.74) is 9.82. The smallest absolute Gasteiger partial charge is 0.319 e. The van der Waals surface area contributed by atoms with E-state index in [-0.39, 0.29) is 6.01 Å². The number of aromatic nitrogens is 3. The molecule has 2 aromatic carbocycles. The summed E-state index contributed by atoms with van der Waals surface area (Å²) in [6.45, 7) is 0. The first-order chi connectivity index (χ1) is 13.8. The van der Waals surface area contributed by atoms with Crippen LogP contribution in [0.2, 0.25) is 0 Å². The van der Waals surface area contributed by atoms with Gasteiger partial charge in [-0.25, -0.2) is 0 Å². The Balaban J connectivity index is 1.46. The van der Waals surface area contributed by atoms with Gasteiger partial charge in [-0.2, -0.15) is 4.98 Å². The predicted molar refractivity (Wildman–Crippen MR) is 112 cm³/mol. The fourth-order valence-corrected chi connectivity index (χ4v) is 4.02. The number of fused-ring (bicyclic) bond motifs is 1. The summed E-state index contributed by atoms with van der Waals surface area (Å²) in [5.74, 6) is 0.483. The first kappa shape index (κ1) is 16.5. The van der Waals surface area contributed by atoms with Crippen LogP contribution in [0.1, 0.15) is 0 Å². The van der Waals surface area contributed by atoms with Gasteiger partial charge < -0.3 is 15.6 Å². The molecule has 0 saturated carbocycles. The van der Waals surface area contributed by atoms with E-state index in [1.165, 1.54) is 11.1 Å². The van der Waals surface area contributed by atoms with Crippen molar-refractivity contribution in [2.45, 2.75) is 0 Å². The zero-order chi connectivity index (χ0) is 18.9. The standard InChI is InChI=1S/C21H15N5OS/c22-21-25-20(26-27-21)18-10-16-17(11-23-12-19(16)28-18)24-15-8-6-14(7-9-15)13-4-2-1-3-5-13/h1-12,24H,(H2,22,25,26). The summed E-state index contributed by atoms with van der Waals surface area (Å²) in [6.07, 6.45) is 3.64. The molecule has 0 radical (unpaired) electrons. The van der Waals surface area contributed by atoms with Gasteiger partial charge in [0, 0.05) is 17.3 Å². The topological polar surface area (TPSA) is 89.9 Å². The largest absolute Gasteiger partial charge is 0.354 e. The minimum absolute atomic E-state index is 0.0578. The summed E-state index contributed by atoms with van der Waals surface area (Å²) < 4.78 is 5.91. The lowest BCUT2D eigenvalue weighted by Crippen LogP contribution is -1.91. The average molecular weight is 385 g/mol. The van der Waals surface area contributed by atoms with Crippen LogP contribution in [0, 0.1) is 0 Å². The molecule has 0 aliphatic rings. The zero-order valence-corrected chi connectivity index (χ0v) is 15.5. The van der Waals surface area contributed by atoms with Crippen LogP contribution >= 0.6 is 11.3 Å². The second-order valence-electron chi connectivity index (χ2n) is 6.23. The van der Waals surface area contributed by atoms with E-state index in [1.54, 1.807) is 11.3 Å². The second kappa shape index (κ2) is 6.79. The number of rotatable bonds is 4. The van der Waals surface area contributed by atoms with Crippen LogP contribution in [-0.2, 0) is 0 Å². The monoisotopic (exact) mass is 385 g/mol. The van der Waals surface area contributed by atoms with Crippen molar-refractivity contribution in [1.29, 1.82) is 0 Å². The van der Waals surface area contributed by atoms with E-state index in [0.717, 1.165) is 26.3 Å². The summed E-state index contributed by atoms with van der Waals surface area (Å²) >= 11 is 1.55. The minimum atomic E-state index is 0.0578. The molecule has 3 N–H and O–H groups in total. The van der Waals surface area contributed by atoms with E-state index in [4.69, 9.17) is 10.3 Å². The van der Waals surface area contributed by atoms with Gasteiger partial charge in [0.25, 0.3) is 0 Å². The molecule has 7 heteroatoms. The third-order valence-corrected chi connectivity index (χ3v) is 5.45. The molecular formula is C21H15N5OS. The number of nitrogen functional groups attached to an aromatic ring is 1. The summed E-state index contributed by atoms with van der Waals surface area (Å²) in [7, 11) is 0. The Morgan fingerprint density at radius 1 is 0.929 bits per heavy atom. The van der Waals surface area contributed by atoms with Crippen molar-refractivity contribution >= 4 is 38.8 Å². The summed E-state index contributed by atoms with van der Waals surface area (Å²) in [4.78, 5) is 9.32. The molecule has 0 aliphatic carbocycles. The van der Waals surface area contributed by atoms with Gasteiger partial charge in [-0.05, 0) is 29.3 Å². The van der Waals surface area contributed by atoms with Crippen LogP contribution in [0.15, 0.2) is 77.6 Å². The van der Waals surface area contributed by atoms with E-state index in [1.807, 2.05) is 36.7 Å². The van der Waals surface area contributed by atoms with Gasteiger partial charge >= 0.3 is 6.01 Å². The highest BCUT2D eigenvalue weighted by Gasteiger charge is 2.13. The highest BCUT2D eigenvalue weighted by atomic mass is 32.1. The minimum Gasteiger partial charge on any atom is -0.354 e. The molecule has 0 aliphatic heterocycles. The van der Waals surface area contributed by atoms with Crippen LogP contribution < -0.4 is 11.1 Å². The number of hydrogen-bond donors (Lipinski definition) is 2. The van der Waals surface area contributed by atoms with Crippen molar-refractivity contribution in [2.75, 3.05) is 11.1 Å². The summed E-state index contributed by atoms with van der Waals surface area (Å²) in [5, 5.41) is 8.39. The number of hydrogen-bond acceptors (Lipinski definition) is 7. The predicted octanol–water partition coefficient (Wildman–Crippen LogP) is 5.34. The van der Waals surface area contributed by atoms with Gasteiger partial charge in [0.2, 0.25) is 5.82 Å². The average Bonchev–Trinajstić information content (AvgIpc) is 3.36. The number of nitrogens with one attached hydrogen (secondary N) is 1. The van der Waals surface area contributed by atoms with E-state index < -0.39 is 0 Å².